The van der Waals surface area contributed by atoms with Gasteiger partial charge in [0, 0.05) is 23.2 Å². The molecular weight excluding hydrogens is 641 g/mol. The lowest BCUT2D eigenvalue weighted by molar-refractivity contribution is 0.530. The Balaban J connectivity index is 0.954. The van der Waals surface area contributed by atoms with Gasteiger partial charge in [0.2, 0.25) is 0 Å². The van der Waals surface area contributed by atoms with Crippen LogP contribution in [0.25, 0.3) is 0 Å². The van der Waals surface area contributed by atoms with Crippen LogP contribution in [0, 0.1) is 0 Å². The van der Waals surface area contributed by atoms with E-state index < -0.39 is 0 Å². The SMILES string of the molecule is CCCCC(c1ccc(N)cc1)c1ccc(CCCCCCCCCCCCCCCCCc2ccc(C(CCCC)c3ccc(N)cc3)cc2)cc1. The maximum Gasteiger partial charge on any atom is 0.0314 e. The van der Waals surface area contributed by atoms with E-state index in [9.17, 15) is 0 Å². The van der Waals surface area contributed by atoms with Gasteiger partial charge in [-0.05, 0) is 96.2 Å². The molecule has 0 aliphatic rings. The van der Waals surface area contributed by atoms with Gasteiger partial charge in [-0.1, -0.05) is 196 Å². The third-order valence-corrected chi connectivity index (χ3v) is 11.6. The maximum absolute atomic E-state index is 5.95. The zero-order chi connectivity index (χ0) is 37.4. The van der Waals surface area contributed by atoms with Gasteiger partial charge in [0.25, 0.3) is 0 Å². The van der Waals surface area contributed by atoms with Gasteiger partial charge in [-0.3, -0.25) is 0 Å². The summed E-state index contributed by atoms with van der Waals surface area (Å²) >= 11 is 0. The Morgan fingerprint density at radius 1 is 0.321 bits per heavy atom. The average molecular weight is 715 g/mol. The first kappa shape index (κ1) is 42.2. The zero-order valence-electron chi connectivity index (χ0n) is 33.8. The summed E-state index contributed by atoms with van der Waals surface area (Å²) in [5.41, 5.74) is 22.2. The molecule has 4 N–H and O–H groups in total. The number of rotatable bonds is 28. The number of hydrogen-bond donors (Lipinski definition) is 2. The normalized spacial score (nSPS) is 12.6. The van der Waals surface area contributed by atoms with E-state index in [1.54, 1.807) is 0 Å². The molecule has 0 heterocycles. The van der Waals surface area contributed by atoms with Crippen LogP contribution in [-0.4, -0.2) is 0 Å². The van der Waals surface area contributed by atoms with Gasteiger partial charge in [0.05, 0.1) is 0 Å². The zero-order valence-corrected chi connectivity index (χ0v) is 33.8. The van der Waals surface area contributed by atoms with Crippen molar-refractivity contribution in [2.45, 2.75) is 173 Å². The maximum atomic E-state index is 5.95. The molecule has 0 aliphatic carbocycles. The molecule has 0 bridgehead atoms. The highest BCUT2D eigenvalue weighted by Gasteiger charge is 2.15. The molecule has 2 atom stereocenters. The van der Waals surface area contributed by atoms with Crippen LogP contribution in [0.3, 0.4) is 0 Å². The molecule has 0 saturated carbocycles. The van der Waals surface area contributed by atoms with Crippen LogP contribution >= 0.6 is 0 Å². The van der Waals surface area contributed by atoms with Crippen LogP contribution in [0.1, 0.15) is 194 Å². The number of nitrogen functional groups attached to an aromatic ring is 2. The molecule has 2 nitrogen and oxygen atoms in total. The third-order valence-electron chi connectivity index (χ3n) is 11.6. The topological polar surface area (TPSA) is 52.0 Å². The molecule has 288 valence electrons. The average Bonchev–Trinajstić information content (AvgIpc) is 3.18. The second kappa shape index (κ2) is 25.5. The van der Waals surface area contributed by atoms with Crippen molar-refractivity contribution in [2.75, 3.05) is 11.5 Å². The van der Waals surface area contributed by atoms with Gasteiger partial charge in [0.15, 0.2) is 0 Å². The molecule has 0 fully saturated rings. The molecule has 2 heteroatoms. The Bertz CT molecular complexity index is 1350. The Hall–Kier alpha value is -3.52. The Labute approximate surface area is 325 Å². The molecule has 0 spiro atoms. The summed E-state index contributed by atoms with van der Waals surface area (Å²) in [5, 5.41) is 0. The third kappa shape index (κ3) is 16.2. The lowest BCUT2D eigenvalue weighted by Crippen LogP contribution is -2.02. The summed E-state index contributed by atoms with van der Waals surface area (Å²) in [5.74, 6) is 0.939. The number of unbranched alkanes of at least 4 members (excludes halogenated alkanes) is 16. The summed E-state index contributed by atoms with van der Waals surface area (Å²) in [6, 6.07) is 36.0. The monoisotopic (exact) mass is 715 g/mol. The fourth-order valence-electron chi connectivity index (χ4n) is 8.11. The van der Waals surface area contributed by atoms with Gasteiger partial charge in [-0.15, -0.1) is 0 Å². The highest BCUT2D eigenvalue weighted by atomic mass is 14.5. The predicted octanol–water partition coefficient (Wildman–Crippen LogP) is 15.1. The molecule has 53 heavy (non-hydrogen) atoms. The first-order chi connectivity index (χ1) is 26.1. The van der Waals surface area contributed by atoms with Crippen LogP contribution in [-0.2, 0) is 12.8 Å². The molecule has 2 unspecified atom stereocenters. The molecule has 0 radical (unpaired) electrons. The van der Waals surface area contributed by atoms with Crippen molar-refractivity contribution >= 4 is 11.4 Å². The molecule has 0 aromatic heterocycles. The van der Waals surface area contributed by atoms with E-state index in [0.717, 1.165) is 11.4 Å². The second-order valence-electron chi connectivity index (χ2n) is 16.0. The summed E-state index contributed by atoms with van der Waals surface area (Å²) in [7, 11) is 0. The van der Waals surface area contributed by atoms with Crippen molar-refractivity contribution in [1.29, 1.82) is 0 Å². The van der Waals surface area contributed by atoms with E-state index >= 15 is 0 Å². The van der Waals surface area contributed by atoms with Crippen LogP contribution in [0.15, 0.2) is 97.1 Å². The fourth-order valence-corrected chi connectivity index (χ4v) is 8.11. The number of hydrogen-bond acceptors (Lipinski definition) is 2. The van der Waals surface area contributed by atoms with Gasteiger partial charge in [-0.25, -0.2) is 0 Å². The van der Waals surface area contributed by atoms with E-state index in [4.69, 9.17) is 11.5 Å². The lowest BCUT2D eigenvalue weighted by Gasteiger charge is -2.18. The number of aryl methyl sites for hydroxylation is 2. The van der Waals surface area contributed by atoms with Gasteiger partial charge < -0.3 is 11.5 Å². The first-order valence-electron chi connectivity index (χ1n) is 22.0. The molecule has 0 saturated heterocycles. The van der Waals surface area contributed by atoms with Crippen molar-refractivity contribution in [3.05, 3.63) is 130 Å². The van der Waals surface area contributed by atoms with Crippen molar-refractivity contribution < 1.29 is 0 Å². The molecular formula is C51H74N2. The Morgan fingerprint density at radius 2 is 0.566 bits per heavy atom. The van der Waals surface area contributed by atoms with Gasteiger partial charge in [-0.2, -0.15) is 0 Å². The van der Waals surface area contributed by atoms with E-state index in [1.807, 2.05) is 24.3 Å². The predicted molar refractivity (Wildman–Crippen MR) is 234 cm³/mol. The minimum atomic E-state index is 0.470. The Kier molecular flexibility index (Phi) is 20.3. The first-order valence-corrected chi connectivity index (χ1v) is 22.0. The molecule has 4 aromatic carbocycles. The quantitative estimate of drug-likeness (QED) is 0.0454. The summed E-state index contributed by atoms with van der Waals surface area (Å²) in [6.45, 7) is 4.56. The van der Waals surface area contributed by atoms with Gasteiger partial charge >= 0.3 is 0 Å². The molecule has 4 rings (SSSR count). The second-order valence-corrected chi connectivity index (χ2v) is 16.0. The standard InChI is InChI=1S/C51H74N2/c1-3-5-24-50(46-34-38-48(52)39-35-46)44-30-26-42(27-31-44)22-20-18-16-14-12-10-8-7-9-11-13-15-17-19-21-23-43-28-32-45(33-29-43)51(25-6-4-2)47-36-40-49(53)41-37-47/h26-41,50-51H,3-25,52-53H2,1-2H3. The molecule has 0 aliphatic heterocycles. The highest BCUT2D eigenvalue weighted by molar-refractivity contribution is 5.44. The smallest absolute Gasteiger partial charge is 0.0314 e. The summed E-state index contributed by atoms with van der Waals surface area (Å²) < 4.78 is 0. The minimum Gasteiger partial charge on any atom is -0.399 e. The van der Waals surface area contributed by atoms with Crippen LogP contribution in [0.4, 0.5) is 11.4 Å². The highest BCUT2D eigenvalue weighted by Crippen LogP contribution is 2.32. The number of benzene rings is 4. The molecule has 0 amide bonds. The van der Waals surface area contributed by atoms with Gasteiger partial charge in [0.1, 0.15) is 0 Å². The van der Waals surface area contributed by atoms with E-state index in [0.29, 0.717) is 11.8 Å². The Morgan fingerprint density at radius 3 is 0.830 bits per heavy atom. The number of anilines is 2. The molecule has 4 aromatic rings. The van der Waals surface area contributed by atoms with Crippen LogP contribution in [0.5, 0.6) is 0 Å². The van der Waals surface area contributed by atoms with E-state index in [-0.39, 0.29) is 0 Å². The van der Waals surface area contributed by atoms with E-state index in [2.05, 4.69) is 86.6 Å². The number of nitrogens with two attached hydrogens (primary N) is 2. The summed E-state index contributed by atoms with van der Waals surface area (Å²) in [4.78, 5) is 0. The van der Waals surface area contributed by atoms with Crippen molar-refractivity contribution in [3.63, 3.8) is 0 Å². The minimum absolute atomic E-state index is 0.470. The fraction of sp³-hybridized carbons (Fsp3) is 0.529. The summed E-state index contributed by atoms with van der Waals surface area (Å²) in [6.07, 6.45) is 30.7. The van der Waals surface area contributed by atoms with Crippen LogP contribution < -0.4 is 11.5 Å². The van der Waals surface area contributed by atoms with Crippen molar-refractivity contribution in [2.24, 2.45) is 0 Å². The van der Waals surface area contributed by atoms with Crippen molar-refractivity contribution in [3.8, 4) is 0 Å². The largest absolute Gasteiger partial charge is 0.399 e. The van der Waals surface area contributed by atoms with Crippen molar-refractivity contribution in [1.82, 2.24) is 0 Å². The lowest BCUT2D eigenvalue weighted by atomic mass is 9.86. The van der Waals surface area contributed by atoms with Crippen LogP contribution in [0.2, 0.25) is 0 Å². The van der Waals surface area contributed by atoms with E-state index in [1.165, 1.54) is 181 Å².